The molecule has 3 saturated heterocycles. The van der Waals surface area contributed by atoms with Crippen LogP contribution in [0.15, 0.2) is 24.3 Å². The van der Waals surface area contributed by atoms with Crippen LogP contribution >= 0.6 is 0 Å². The van der Waals surface area contributed by atoms with E-state index < -0.39 is 0 Å². The van der Waals surface area contributed by atoms with Crippen LogP contribution in [-0.2, 0) is 14.9 Å². The van der Waals surface area contributed by atoms with Gasteiger partial charge in [-0.25, -0.2) is 0 Å². The SMILES string of the molecule is COCCN1C[C@@H]2CC[C@H]1CN(C(=O)C1(c3ccc(C)cc3)CC1)C2. The average Bonchev–Trinajstić information content (AvgIpc) is 3.45. The van der Waals surface area contributed by atoms with E-state index in [1.165, 1.54) is 24.0 Å². The highest BCUT2D eigenvalue weighted by atomic mass is 16.5. The van der Waals surface area contributed by atoms with Crippen molar-refractivity contribution in [3.63, 3.8) is 0 Å². The van der Waals surface area contributed by atoms with Crippen molar-refractivity contribution in [3.8, 4) is 0 Å². The standard InChI is InChI=1S/C21H30N2O2/c1-16-3-6-18(7-4-16)21(9-10-21)20(24)23-14-17-5-8-19(15-23)22(13-17)11-12-25-2/h3-4,6-7,17,19H,5,8-15H2,1-2H3/t17-,19-/m0/s1. The average molecular weight is 342 g/mol. The first kappa shape index (κ1) is 17.0. The van der Waals surface area contributed by atoms with Gasteiger partial charge in [0.1, 0.15) is 0 Å². The van der Waals surface area contributed by atoms with Gasteiger partial charge in [-0.2, -0.15) is 0 Å². The van der Waals surface area contributed by atoms with Crippen LogP contribution in [0, 0.1) is 12.8 Å². The number of methoxy groups -OCH3 is 1. The quantitative estimate of drug-likeness (QED) is 0.825. The molecule has 0 N–H and O–H groups in total. The number of hydrogen-bond acceptors (Lipinski definition) is 3. The molecule has 4 aliphatic rings. The number of benzene rings is 1. The van der Waals surface area contributed by atoms with Crippen molar-refractivity contribution in [2.24, 2.45) is 5.92 Å². The van der Waals surface area contributed by atoms with Crippen LogP contribution in [0.2, 0.25) is 0 Å². The summed E-state index contributed by atoms with van der Waals surface area (Å²) in [6.45, 7) is 6.83. The second-order valence-corrected chi connectivity index (χ2v) is 8.24. The van der Waals surface area contributed by atoms with Crippen molar-refractivity contribution in [2.45, 2.75) is 44.1 Å². The molecule has 0 radical (unpaired) electrons. The van der Waals surface area contributed by atoms with Crippen LogP contribution in [0.3, 0.4) is 0 Å². The Balaban J connectivity index is 1.50. The highest BCUT2D eigenvalue weighted by molar-refractivity contribution is 5.91. The number of piperidine rings is 1. The summed E-state index contributed by atoms with van der Waals surface area (Å²) in [7, 11) is 1.77. The number of nitrogens with zero attached hydrogens (tertiary/aromatic N) is 2. The molecule has 25 heavy (non-hydrogen) atoms. The van der Waals surface area contributed by atoms with E-state index in [0.717, 1.165) is 45.6 Å². The molecule has 4 nitrogen and oxygen atoms in total. The van der Waals surface area contributed by atoms with Crippen molar-refractivity contribution in [3.05, 3.63) is 35.4 Å². The number of rotatable bonds is 5. The summed E-state index contributed by atoms with van der Waals surface area (Å²) < 4.78 is 5.28. The van der Waals surface area contributed by atoms with Crippen molar-refractivity contribution in [2.75, 3.05) is 39.9 Å². The minimum Gasteiger partial charge on any atom is -0.383 e. The Kier molecular flexibility index (Phi) is 4.59. The monoisotopic (exact) mass is 342 g/mol. The molecule has 3 aliphatic heterocycles. The molecule has 0 aromatic heterocycles. The smallest absolute Gasteiger partial charge is 0.233 e. The number of ether oxygens (including phenoxy) is 1. The van der Waals surface area contributed by atoms with Gasteiger partial charge >= 0.3 is 0 Å². The van der Waals surface area contributed by atoms with E-state index in [1.807, 2.05) is 0 Å². The lowest BCUT2D eigenvalue weighted by atomic mass is 9.93. The first-order valence-corrected chi connectivity index (χ1v) is 9.72. The molecule has 0 unspecified atom stereocenters. The normalized spacial score (nSPS) is 28.0. The largest absolute Gasteiger partial charge is 0.383 e. The Bertz CT molecular complexity index is 623. The summed E-state index contributed by atoms with van der Waals surface area (Å²) in [6.07, 6.45) is 4.49. The van der Waals surface area contributed by atoms with Crippen LogP contribution < -0.4 is 0 Å². The molecule has 5 rings (SSSR count). The third kappa shape index (κ3) is 3.22. The fourth-order valence-corrected chi connectivity index (χ4v) is 4.75. The summed E-state index contributed by atoms with van der Waals surface area (Å²) >= 11 is 0. The second-order valence-electron chi connectivity index (χ2n) is 8.24. The van der Waals surface area contributed by atoms with E-state index in [9.17, 15) is 4.79 Å². The summed E-state index contributed by atoms with van der Waals surface area (Å²) in [4.78, 5) is 18.2. The molecule has 1 amide bonds. The Morgan fingerprint density at radius 1 is 1.16 bits per heavy atom. The molecular weight excluding hydrogens is 312 g/mol. The summed E-state index contributed by atoms with van der Waals surface area (Å²) in [5.41, 5.74) is 2.25. The second kappa shape index (κ2) is 6.73. The van der Waals surface area contributed by atoms with E-state index in [-0.39, 0.29) is 5.41 Å². The maximum atomic E-state index is 13.4. The Hall–Kier alpha value is -1.39. The number of hydrogen-bond donors (Lipinski definition) is 0. The molecule has 1 aromatic rings. The Morgan fingerprint density at radius 2 is 1.92 bits per heavy atom. The van der Waals surface area contributed by atoms with E-state index in [4.69, 9.17) is 4.74 Å². The van der Waals surface area contributed by atoms with Gasteiger partial charge in [-0.15, -0.1) is 0 Å². The van der Waals surface area contributed by atoms with Gasteiger partial charge in [-0.3, -0.25) is 9.69 Å². The molecule has 1 saturated carbocycles. The highest BCUT2D eigenvalue weighted by Crippen LogP contribution is 2.50. The molecule has 4 heteroatoms. The maximum Gasteiger partial charge on any atom is 0.233 e. The van der Waals surface area contributed by atoms with Gasteiger partial charge in [0.2, 0.25) is 5.91 Å². The fourth-order valence-electron chi connectivity index (χ4n) is 4.75. The van der Waals surface area contributed by atoms with Gasteiger partial charge in [-0.05, 0) is 44.1 Å². The fraction of sp³-hybridized carbons (Fsp3) is 0.667. The van der Waals surface area contributed by atoms with Gasteiger partial charge < -0.3 is 9.64 Å². The van der Waals surface area contributed by atoms with Gasteiger partial charge in [0.15, 0.2) is 0 Å². The highest BCUT2D eigenvalue weighted by Gasteiger charge is 2.54. The minimum atomic E-state index is -0.227. The van der Waals surface area contributed by atoms with Gasteiger partial charge in [-0.1, -0.05) is 29.8 Å². The molecule has 2 atom stereocenters. The van der Waals surface area contributed by atoms with Gasteiger partial charge in [0.25, 0.3) is 0 Å². The molecule has 2 bridgehead atoms. The summed E-state index contributed by atoms with van der Waals surface area (Å²) in [5, 5.41) is 0. The number of carbonyl (C=O) groups is 1. The Labute approximate surface area is 151 Å². The molecular formula is C21H30N2O2. The Morgan fingerprint density at radius 3 is 2.60 bits per heavy atom. The van der Waals surface area contributed by atoms with Gasteiger partial charge in [0, 0.05) is 39.3 Å². The molecule has 4 fully saturated rings. The summed E-state index contributed by atoms with van der Waals surface area (Å²) in [6, 6.07) is 9.11. The van der Waals surface area contributed by atoms with Crippen LogP contribution in [0.4, 0.5) is 0 Å². The first-order chi connectivity index (χ1) is 12.1. The number of fused-ring (bicyclic) bond motifs is 4. The molecule has 3 heterocycles. The predicted molar refractivity (Wildman–Crippen MR) is 98.6 cm³/mol. The van der Waals surface area contributed by atoms with Gasteiger partial charge in [0.05, 0.1) is 12.0 Å². The maximum absolute atomic E-state index is 13.4. The van der Waals surface area contributed by atoms with Crippen LogP contribution in [-0.4, -0.2) is 61.6 Å². The lowest BCUT2D eigenvalue weighted by Crippen LogP contribution is -2.47. The third-order valence-corrected chi connectivity index (χ3v) is 6.46. The zero-order chi connectivity index (χ0) is 17.4. The topological polar surface area (TPSA) is 32.8 Å². The third-order valence-electron chi connectivity index (χ3n) is 6.46. The lowest BCUT2D eigenvalue weighted by molar-refractivity contribution is -0.134. The number of carbonyl (C=O) groups excluding carboxylic acids is 1. The molecule has 1 aliphatic carbocycles. The predicted octanol–water partition coefficient (Wildman–Crippen LogP) is 2.60. The number of aryl methyl sites for hydroxylation is 1. The van der Waals surface area contributed by atoms with Crippen LogP contribution in [0.1, 0.15) is 36.8 Å². The van der Waals surface area contributed by atoms with E-state index in [0.29, 0.717) is 17.9 Å². The van der Waals surface area contributed by atoms with E-state index in [2.05, 4.69) is 41.0 Å². The van der Waals surface area contributed by atoms with Crippen molar-refractivity contribution >= 4 is 5.91 Å². The van der Waals surface area contributed by atoms with Crippen LogP contribution in [0.5, 0.6) is 0 Å². The number of amides is 1. The minimum absolute atomic E-state index is 0.227. The zero-order valence-electron chi connectivity index (χ0n) is 15.5. The van der Waals surface area contributed by atoms with Crippen LogP contribution in [0.25, 0.3) is 0 Å². The molecule has 136 valence electrons. The van der Waals surface area contributed by atoms with E-state index in [1.54, 1.807) is 7.11 Å². The van der Waals surface area contributed by atoms with Crippen molar-refractivity contribution < 1.29 is 9.53 Å². The molecule has 1 aromatic carbocycles. The first-order valence-electron chi connectivity index (χ1n) is 9.72. The lowest BCUT2D eigenvalue weighted by Gasteiger charge is -2.35. The van der Waals surface area contributed by atoms with E-state index >= 15 is 0 Å². The summed E-state index contributed by atoms with van der Waals surface area (Å²) in [5.74, 6) is 0.996. The van der Waals surface area contributed by atoms with Crippen molar-refractivity contribution in [1.82, 2.24) is 9.80 Å². The van der Waals surface area contributed by atoms with Crippen molar-refractivity contribution in [1.29, 1.82) is 0 Å². The zero-order valence-corrected chi connectivity index (χ0v) is 15.5. The molecule has 0 spiro atoms.